The SMILES string of the molecule is CSCCCN(C)CC(=O)c1ccc(SC)cc1. The van der Waals surface area contributed by atoms with E-state index < -0.39 is 0 Å². The molecule has 0 spiro atoms. The Morgan fingerprint density at radius 3 is 2.44 bits per heavy atom. The van der Waals surface area contributed by atoms with Crippen LogP contribution in [-0.4, -0.2) is 49.1 Å². The third kappa shape index (κ3) is 5.46. The zero-order valence-corrected chi connectivity index (χ0v) is 12.9. The molecule has 0 fully saturated rings. The Labute approximate surface area is 119 Å². The van der Waals surface area contributed by atoms with Crippen LogP contribution in [0.5, 0.6) is 0 Å². The second kappa shape index (κ2) is 8.62. The normalized spacial score (nSPS) is 10.9. The highest BCUT2D eigenvalue weighted by Crippen LogP contribution is 2.15. The molecule has 0 N–H and O–H groups in total. The summed E-state index contributed by atoms with van der Waals surface area (Å²) in [5.41, 5.74) is 0.810. The molecule has 100 valence electrons. The first-order chi connectivity index (χ1) is 8.67. The van der Waals surface area contributed by atoms with Gasteiger partial charge in [-0.15, -0.1) is 11.8 Å². The Kier molecular flexibility index (Phi) is 7.47. The summed E-state index contributed by atoms with van der Waals surface area (Å²) in [4.78, 5) is 15.3. The van der Waals surface area contributed by atoms with Gasteiger partial charge in [0, 0.05) is 10.5 Å². The number of hydrogen-bond donors (Lipinski definition) is 0. The smallest absolute Gasteiger partial charge is 0.176 e. The summed E-state index contributed by atoms with van der Waals surface area (Å²) in [5, 5.41) is 0. The molecular formula is C14H21NOS2. The van der Waals surface area contributed by atoms with E-state index in [1.807, 2.05) is 49.3 Å². The molecule has 0 amide bonds. The van der Waals surface area contributed by atoms with Gasteiger partial charge in [0.1, 0.15) is 0 Å². The number of thioether (sulfide) groups is 2. The molecule has 0 bridgehead atoms. The third-order valence-electron chi connectivity index (χ3n) is 2.71. The number of nitrogens with zero attached hydrogens (tertiary/aromatic N) is 1. The highest BCUT2D eigenvalue weighted by Gasteiger charge is 2.08. The first kappa shape index (κ1) is 15.6. The Morgan fingerprint density at radius 1 is 1.22 bits per heavy atom. The lowest BCUT2D eigenvalue weighted by molar-refractivity contribution is 0.0946. The number of carbonyl (C=O) groups is 1. The van der Waals surface area contributed by atoms with Crippen LogP contribution in [0.25, 0.3) is 0 Å². The van der Waals surface area contributed by atoms with E-state index in [9.17, 15) is 4.79 Å². The Hall–Kier alpha value is -0.450. The molecule has 0 saturated carbocycles. The minimum atomic E-state index is 0.203. The molecule has 4 heteroatoms. The second-order valence-corrected chi connectivity index (χ2v) is 6.10. The fourth-order valence-electron chi connectivity index (χ4n) is 1.67. The zero-order chi connectivity index (χ0) is 13.4. The van der Waals surface area contributed by atoms with Gasteiger partial charge in [-0.2, -0.15) is 11.8 Å². The molecule has 0 unspecified atom stereocenters. The van der Waals surface area contributed by atoms with Crippen molar-refractivity contribution >= 4 is 29.3 Å². The van der Waals surface area contributed by atoms with Crippen LogP contribution in [0.3, 0.4) is 0 Å². The standard InChI is InChI=1S/C14H21NOS2/c1-15(9-4-10-17-2)11-14(16)12-5-7-13(18-3)8-6-12/h5-8H,4,9-11H2,1-3H3. The molecule has 0 heterocycles. The summed E-state index contributed by atoms with van der Waals surface area (Å²) in [6, 6.07) is 7.85. The number of hydrogen-bond acceptors (Lipinski definition) is 4. The first-order valence-corrected chi connectivity index (χ1v) is 8.64. The van der Waals surface area contributed by atoms with Crippen LogP contribution in [0.15, 0.2) is 29.2 Å². The van der Waals surface area contributed by atoms with Gasteiger partial charge in [0.25, 0.3) is 0 Å². The molecule has 0 atom stereocenters. The van der Waals surface area contributed by atoms with E-state index >= 15 is 0 Å². The van der Waals surface area contributed by atoms with Crippen LogP contribution in [0.2, 0.25) is 0 Å². The van der Waals surface area contributed by atoms with Crippen LogP contribution >= 0.6 is 23.5 Å². The van der Waals surface area contributed by atoms with E-state index in [0.29, 0.717) is 6.54 Å². The summed E-state index contributed by atoms with van der Waals surface area (Å²) >= 11 is 3.54. The predicted octanol–water partition coefficient (Wildman–Crippen LogP) is 3.28. The van der Waals surface area contributed by atoms with Crippen molar-refractivity contribution < 1.29 is 4.79 Å². The number of rotatable bonds is 8. The Balaban J connectivity index is 2.43. The number of ketones is 1. The lowest BCUT2D eigenvalue weighted by Gasteiger charge is -2.15. The van der Waals surface area contributed by atoms with E-state index in [1.54, 1.807) is 11.8 Å². The first-order valence-electron chi connectivity index (χ1n) is 6.02. The predicted molar refractivity (Wildman–Crippen MR) is 83.0 cm³/mol. The van der Waals surface area contributed by atoms with E-state index in [4.69, 9.17) is 0 Å². The highest BCUT2D eigenvalue weighted by atomic mass is 32.2. The number of Topliss-reactive ketones (excluding diaryl/α,β-unsaturated/α-hetero) is 1. The van der Waals surface area contributed by atoms with Crippen molar-refractivity contribution in [1.29, 1.82) is 0 Å². The monoisotopic (exact) mass is 283 g/mol. The van der Waals surface area contributed by atoms with Crippen molar-refractivity contribution in [3.63, 3.8) is 0 Å². The van der Waals surface area contributed by atoms with Crippen LogP contribution in [0.4, 0.5) is 0 Å². The van der Waals surface area contributed by atoms with Crippen molar-refractivity contribution in [3.05, 3.63) is 29.8 Å². The molecule has 0 saturated heterocycles. The van der Waals surface area contributed by atoms with Gasteiger partial charge in [-0.25, -0.2) is 0 Å². The van der Waals surface area contributed by atoms with Gasteiger partial charge in [0.05, 0.1) is 6.54 Å². The number of benzene rings is 1. The second-order valence-electron chi connectivity index (χ2n) is 4.24. The van der Waals surface area contributed by atoms with E-state index in [0.717, 1.165) is 24.3 Å². The van der Waals surface area contributed by atoms with Crippen molar-refractivity contribution in [3.8, 4) is 0 Å². The van der Waals surface area contributed by atoms with Crippen molar-refractivity contribution in [2.75, 3.05) is 38.4 Å². The maximum Gasteiger partial charge on any atom is 0.176 e. The molecule has 0 aliphatic heterocycles. The summed E-state index contributed by atoms with van der Waals surface area (Å²) in [5.74, 6) is 1.36. The van der Waals surface area contributed by atoms with Crippen molar-refractivity contribution in [2.24, 2.45) is 0 Å². The topological polar surface area (TPSA) is 20.3 Å². The quantitative estimate of drug-likeness (QED) is 0.414. The van der Waals surface area contributed by atoms with Gasteiger partial charge >= 0.3 is 0 Å². The molecule has 0 aliphatic carbocycles. The largest absolute Gasteiger partial charge is 0.299 e. The van der Waals surface area contributed by atoms with Crippen LogP contribution in [-0.2, 0) is 0 Å². The maximum absolute atomic E-state index is 12.0. The summed E-state index contributed by atoms with van der Waals surface area (Å²) in [6.45, 7) is 1.49. The number of carbonyl (C=O) groups excluding carboxylic acids is 1. The summed E-state index contributed by atoms with van der Waals surface area (Å²) in [6.07, 6.45) is 5.28. The minimum absolute atomic E-state index is 0.203. The van der Waals surface area contributed by atoms with Gasteiger partial charge in [0.15, 0.2) is 5.78 Å². The van der Waals surface area contributed by atoms with E-state index in [1.165, 1.54) is 4.90 Å². The molecule has 0 aliphatic rings. The molecule has 0 radical (unpaired) electrons. The molecule has 1 aromatic rings. The molecule has 1 aromatic carbocycles. The third-order valence-corrected chi connectivity index (χ3v) is 4.15. The fourth-order valence-corrected chi connectivity index (χ4v) is 2.50. The minimum Gasteiger partial charge on any atom is -0.299 e. The van der Waals surface area contributed by atoms with Crippen LogP contribution in [0.1, 0.15) is 16.8 Å². The average molecular weight is 283 g/mol. The highest BCUT2D eigenvalue weighted by molar-refractivity contribution is 7.98. The Bertz CT molecular complexity index is 365. The van der Waals surface area contributed by atoms with Crippen LogP contribution < -0.4 is 0 Å². The number of likely N-dealkylation sites (N-methyl/N-ethyl adjacent to an activating group) is 1. The molecule has 1 rings (SSSR count). The van der Waals surface area contributed by atoms with Gasteiger partial charge in [0.2, 0.25) is 0 Å². The summed E-state index contributed by atoms with van der Waals surface area (Å²) < 4.78 is 0. The lowest BCUT2D eigenvalue weighted by Crippen LogP contribution is -2.27. The molecular weight excluding hydrogens is 262 g/mol. The van der Waals surface area contributed by atoms with Gasteiger partial charge in [-0.1, -0.05) is 12.1 Å². The van der Waals surface area contributed by atoms with Crippen LogP contribution in [0, 0.1) is 0 Å². The van der Waals surface area contributed by atoms with Crippen molar-refractivity contribution in [2.45, 2.75) is 11.3 Å². The van der Waals surface area contributed by atoms with E-state index in [2.05, 4.69) is 11.2 Å². The Morgan fingerprint density at radius 2 is 1.89 bits per heavy atom. The molecule has 18 heavy (non-hydrogen) atoms. The summed E-state index contributed by atoms with van der Waals surface area (Å²) in [7, 11) is 2.01. The zero-order valence-electron chi connectivity index (χ0n) is 11.3. The lowest BCUT2D eigenvalue weighted by atomic mass is 10.1. The van der Waals surface area contributed by atoms with Crippen molar-refractivity contribution in [1.82, 2.24) is 4.90 Å². The van der Waals surface area contributed by atoms with E-state index in [-0.39, 0.29) is 5.78 Å². The molecule has 2 nitrogen and oxygen atoms in total. The maximum atomic E-state index is 12.0. The van der Waals surface area contributed by atoms with Gasteiger partial charge in [-0.3, -0.25) is 9.69 Å². The average Bonchev–Trinajstić information content (AvgIpc) is 2.39. The fraction of sp³-hybridized carbons (Fsp3) is 0.500. The van der Waals surface area contributed by atoms with Gasteiger partial charge in [-0.05, 0) is 50.4 Å². The molecule has 0 aromatic heterocycles. The van der Waals surface area contributed by atoms with Gasteiger partial charge < -0.3 is 0 Å².